The van der Waals surface area contributed by atoms with E-state index in [-0.39, 0.29) is 12.5 Å². The number of carboxylic acids is 1. The SMILES string of the molecule is CCOc1ccc(C(=O)N2CCCC(C)(C(=O)O)C2)cc1OCC. The topological polar surface area (TPSA) is 76.1 Å². The van der Waals surface area contributed by atoms with Crippen LogP contribution in [0.4, 0.5) is 0 Å². The van der Waals surface area contributed by atoms with Crippen LogP contribution in [0.5, 0.6) is 11.5 Å². The van der Waals surface area contributed by atoms with Crippen LogP contribution < -0.4 is 9.47 Å². The minimum Gasteiger partial charge on any atom is -0.490 e. The average Bonchev–Trinajstić information content (AvgIpc) is 2.56. The van der Waals surface area contributed by atoms with Gasteiger partial charge in [-0.05, 0) is 51.8 Å². The zero-order valence-electron chi connectivity index (χ0n) is 14.5. The summed E-state index contributed by atoms with van der Waals surface area (Å²) in [5, 5.41) is 9.40. The van der Waals surface area contributed by atoms with Gasteiger partial charge in [-0.15, -0.1) is 0 Å². The molecule has 1 aliphatic rings. The number of aliphatic carboxylic acids is 1. The van der Waals surface area contributed by atoms with Gasteiger partial charge in [0.05, 0.1) is 18.6 Å². The number of benzene rings is 1. The summed E-state index contributed by atoms with van der Waals surface area (Å²) in [7, 11) is 0. The van der Waals surface area contributed by atoms with Gasteiger partial charge in [0.25, 0.3) is 5.91 Å². The smallest absolute Gasteiger partial charge is 0.311 e. The molecule has 1 heterocycles. The van der Waals surface area contributed by atoms with Crippen LogP contribution in [0.3, 0.4) is 0 Å². The molecule has 0 aromatic heterocycles. The normalized spacial score (nSPS) is 20.5. The van der Waals surface area contributed by atoms with Gasteiger partial charge in [0.1, 0.15) is 0 Å². The van der Waals surface area contributed by atoms with E-state index in [0.29, 0.717) is 49.7 Å². The van der Waals surface area contributed by atoms with E-state index in [0.717, 1.165) is 0 Å². The Morgan fingerprint density at radius 3 is 2.50 bits per heavy atom. The van der Waals surface area contributed by atoms with Crippen molar-refractivity contribution >= 4 is 11.9 Å². The molecule has 1 aromatic carbocycles. The summed E-state index contributed by atoms with van der Waals surface area (Å²) < 4.78 is 11.1. The molecule has 0 aliphatic carbocycles. The second kappa shape index (κ2) is 7.55. The first kappa shape index (κ1) is 18.1. The fraction of sp³-hybridized carbons (Fsp3) is 0.556. The van der Waals surface area contributed by atoms with Gasteiger partial charge < -0.3 is 19.5 Å². The van der Waals surface area contributed by atoms with Gasteiger partial charge in [0, 0.05) is 18.7 Å². The van der Waals surface area contributed by atoms with Crippen LogP contribution in [-0.4, -0.2) is 48.2 Å². The van der Waals surface area contributed by atoms with Gasteiger partial charge in [0.2, 0.25) is 0 Å². The van der Waals surface area contributed by atoms with Crippen LogP contribution >= 0.6 is 0 Å². The van der Waals surface area contributed by atoms with Crippen molar-refractivity contribution in [3.63, 3.8) is 0 Å². The van der Waals surface area contributed by atoms with Crippen LogP contribution in [0.1, 0.15) is 44.0 Å². The van der Waals surface area contributed by atoms with E-state index in [1.54, 1.807) is 30.0 Å². The lowest BCUT2D eigenvalue weighted by Gasteiger charge is -2.37. The molecule has 1 aromatic rings. The number of carboxylic acid groups (broad SMARTS) is 1. The summed E-state index contributed by atoms with van der Waals surface area (Å²) >= 11 is 0. The number of carbonyl (C=O) groups excluding carboxylic acids is 1. The van der Waals surface area contributed by atoms with Crippen molar-refractivity contribution in [1.82, 2.24) is 4.90 Å². The molecule has 2 rings (SSSR count). The molecule has 0 radical (unpaired) electrons. The van der Waals surface area contributed by atoms with E-state index in [1.807, 2.05) is 13.8 Å². The Morgan fingerprint density at radius 1 is 1.21 bits per heavy atom. The first-order valence-corrected chi connectivity index (χ1v) is 8.33. The molecule has 1 unspecified atom stereocenters. The van der Waals surface area contributed by atoms with Crippen molar-refractivity contribution in [3.05, 3.63) is 23.8 Å². The highest BCUT2D eigenvalue weighted by Crippen LogP contribution is 2.32. The maximum atomic E-state index is 12.8. The average molecular weight is 335 g/mol. The molecule has 0 bridgehead atoms. The lowest BCUT2D eigenvalue weighted by atomic mass is 9.82. The molecule has 1 N–H and O–H groups in total. The monoisotopic (exact) mass is 335 g/mol. The number of amides is 1. The Balaban J connectivity index is 2.22. The van der Waals surface area contributed by atoms with Crippen LogP contribution in [-0.2, 0) is 4.79 Å². The summed E-state index contributed by atoms with van der Waals surface area (Å²) in [6.45, 7) is 7.22. The second-order valence-corrected chi connectivity index (χ2v) is 6.22. The van der Waals surface area contributed by atoms with E-state index in [2.05, 4.69) is 0 Å². The van der Waals surface area contributed by atoms with Crippen molar-refractivity contribution in [3.8, 4) is 11.5 Å². The number of nitrogens with zero attached hydrogens (tertiary/aromatic N) is 1. The molecule has 1 aliphatic heterocycles. The highest BCUT2D eigenvalue weighted by atomic mass is 16.5. The van der Waals surface area contributed by atoms with E-state index >= 15 is 0 Å². The van der Waals surface area contributed by atoms with Gasteiger partial charge in [-0.1, -0.05) is 0 Å². The Labute approximate surface area is 142 Å². The number of rotatable bonds is 6. The highest BCUT2D eigenvalue weighted by Gasteiger charge is 2.39. The van der Waals surface area contributed by atoms with Gasteiger partial charge in [-0.3, -0.25) is 9.59 Å². The fourth-order valence-corrected chi connectivity index (χ4v) is 2.95. The Bertz CT molecular complexity index is 615. The summed E-state index contributed by atoms with van der Waals surface area (Å²) in [4.78, 5) is 25.8. The maximum absolute atomic E-state index is 12.8. The summed E-state index contributed by atoms with van der Waals surface area (Å²) in [6.07, 6.45) is 1.27. The number of ether oxygens (including phenoxy) is 2. The zero-order chi connectivity index (χ0) is 17.7. The Morgan fingerprint density at radius 2 is 1.88 bits per heavy atom. The number of likely N-dealkylation sites (tertiary alicyclic amines) is 1. The molecule has 0 saturated carbocycles. The quantitative estimate of drug-likeness (QED) is 0.865. The third kappa shape index (κ3) is 3.80. The van der Waals surface area contributed by atoms with Gasteiger partial charge >= 0.3 is 5.97 Å². The maximum Gasteiger partial charge on any atom is 0.311 e. The first-order chi connectivity index (χ1) is 11.4. The van der Waals surface area contributed by atoms with Crippen molar-refractivity contribution in [1.29, 1.82) is 0 Å². The Hall–Kier alpha value is -2.24. The molecule has 0 spiro atoms. The van der Waals surface area contributed by atoms with Crippen LogP contribution in [0.2, 0.25) is 0 Å². The predicted molar refractivity (Wildman–Crippen MR) is 89.7 cm³/mol. The molecule has 1 fully saturated rings. The van der Waals surface area contributed by atoms with Crippen LogP contribution in [0.15, 0.2) is 18.2 Å². The van der Waals surface area contributed by atoms with Gasteiger partial charge in [-0.2, -0.15) is 0 Å². The molecule has 132 valence electrons. The van der Waals surface area contributed by atoms with Crippen molar-refractivity contribution in [2.75, 3.05) is 26.3 Å². The van der Waals surface area contributed by atoms with E-state index in [1.165, 1.54) is 0 Å². The molecular weight excluding hydrogens is 310 g/mol. The minimum absolute atomic E-state index is 0.175. The summed E-state index contributed by atoms with van der Waals surface area (Å²) in [5.74, 6) is 0.0981. The first-order valence-electron chi connectivity index (χ1n) is 8.33. The molecule has 1 amide bonds. The third-order valence-electron chi connectivity index (χ3n) is 4.29. The molecule has 1 saturated heterocycles. The molecule has 1 atom stereocenters. The van der Waals surface area contributed by atoms with Gasteiger partial charge in [-0.25, -0.2) is 0 Å². The van der Waals surface area contributed by atoms with E-state index in [9.17, 15) is 14.7 Å². The summed E-state index contributed by atoms with van der Waals surface area (Å²) in [6, 6.07) is 5.09. The van der Waals surface area contributed by atoms with Crippen molar-refractivity contribution in [2.24, 2.45) is 5.41 Å². The lowest BCUT2D eigenvalue weighted by Crippen LogP contribution is -2.48. The number of carbonyl (C=O) groups is 2. The number of piperidine rings is 1. The molecule has 6 heteroatoms. The molecule has 6 nitrogen and oxygen atoms in total. The number of hydrogen-bond donors (Lipinski definition) is 1. The van der Waals surface area contributed by atoms with Gasteiger partial charge in [0.15, 0.2) is 11.5 Å². The van der Waals surface area contributed by atoms with Crippen molar-refractivity contribution in [2.45, 2.75) is 33.6 Å². The second-order valence-electron chi connectivity index (χ2n) is 6.22. The molecule has 24 heavy (non-hydrogen) atoms. The number of hydrogen-bond acceptors (Lipinski definition) is 4. The largest absolute Gasteiger partial charge is 0.490 e. The zero-order valence-corrected chi connectivity index (χ0v) is 14.5. The summed E-state index contributed by atoms with van der Waals surface area (Å²) in [5.41, 5.74) is -0.404. The Kier molecular flexibility index (Phi) is 5.70. The standard InChI is InChI=1S/C18H25NO5/c1-4-23-14-8-7-13(11-15(14)24-5-2)16(20)19-10-6-9-18(3,12-19)17(21)22/h7-8,11H,4-6,9-10,12H2,1-3H3,(H,21,22). The predicted octanol–water partition coefficient (Wildman–Crippen LogP) is 2.81. The highest BCUT2D eigenvalue weighted by molar-refractivity contribution is 5.95. The van der Waals surface area contributed by atoms with Crippen molar-refractivity contribution < 1.29 is 24.2 Å². The van der Waals surface area contributed by atoms with E-state index < -0.39 is 11.4 Å². The van der Waals surface area contributed by atoms with E-state index in [4.69, 9.17) is 9.47 Å². The van der Waals surface area contributed by atoms with Crippen LogP contribution in [0, 0.1) is 5.41 Å². The fourth-order valence-electron chi connectivity index (χ4n) is 2.95. The molecular formula is C18H25NO5. The third-order valence-corrected chi connectivity index (χ3v) is 4.29. The minimum atomic E-state index is -0.887. The van der Waals surface area contributed by atoms with Crippen LogP contribution in [0.25, 0.3) is 0 Å². The lowest BCUT2D eigenvalue weighted by molar-refractivity contribution is -0.150.